The second kappa shape index (κ2) is 4.56. The third kappa shape index (κ3) is 2.91. The van der Waals surface area contributed by atoms with E-state index in [1.165, 1.54) is 0 Å². The number of hydrogen-bond acceptors (Lipinski definition) is 4. The summed E-state index contributed by atoms with van der Waals surface area (Å²) in [7, 11) is 3.52. The summed E-state index contributed by atoms with van der Waals surface area (Å²) < 4.78 is 12.6. The van der Waals surface area contributed by atoms with Gasteiger partial charge in [0.1, 0.15) is 0 Å². The van der Waals surface area contributed by atoms with E-state index < -0.39 is 0 Å². The number of nitrogens with one attached hydrogen (secondary N) is 1. The third-order valence-electron chi connectivity index (χ3n) is 3.10. The Morgan fingerprint density at radius 1 is 1.59 bits per heavy atom. The summed E-state index contributed by atoms with van der Waals surface area (Å²) in [6.07, 6.45) is 2.01. The first-order valence-corrected chi connectivity index (χ1v) is 5.99. The van der Waals surface area contributed by atoms with Gasteiger partial charge < -0.3 is 14.8 Å². The SMILES string of the molecule is COc1cc(NC2CCOC(C)(C)C2)nn1C. The Kier molecular flexibility index (Phi) is 3.28. The normalized spacial score (nSPS) is 23.4. The number of nitrogens with zero attached hydrogens (tertiary/aromatic N) is 2. The first-order chi connectivity index (χ1) is 8.00. The van der Waals surface area contributed by atoms with E-state index in [4.69, 9.17) is 9.47 Å². The van der Waals surface area contributed by atoms with Crippen LogP contribution in [-0.4, -0.2) is 35.1 Å². The fraction of sp³-hybridized carbons (Fsp3) is 0.750. The molecule has 1 aromatic rings. The molecule has 1 aromatic heterocycles. The van der Waals surface area contributed by atoms with Crippen molar-refractivity contribution in [1.82, 2.24) is 9.78 Å². The molecular weight excluding hydrogens is 218 g/mol. The highest BCUT2D eigenvalue weighted by molar-refractivity contribution is 5.39. The fourth-order valence-corrected chi connectivity index (χ4v) is 2.28. The molecule has 5 heteroatoms. The summed E-state index contributed by atoms with van der Waals surface area (Å²) >= 11 is 0. The van der Waals surface area contributed by atoms with Gasteiger partial charge in [0.2, 0.25) is 5.88 Å². The molecule has 0 saturated carbocycles. The van der Waals surface area contributed by atoms with Crippen molar-refractivity contribution in [3.05, 3.63) is 6.07 Å². The molecule has 2 heterocycles. The number of methoxy groups -OCH3 is 1. The van der Waals surface area contributed by atoms with E-state index >= 15 is 0 Å². The topological polar surface area (TPSA) is 48.3 Å². The number of aromatic nitrogens is 2. The van der Waals surface area contributed by atoms with Crippen LogP contribution in [0.3, 0.4) is 0 Å². The van der Waals surface area contributed by atoms with Crippen molar-refractivity contribution in [2.24, 2.45) is 7.05 Å². The molecule has 17 heavy (non-hydrogen) atoms. The molecule has 1 atom stereocenters. The maximum absolute atomic E-state index is 5.69. The molecule has 0 bridgehead atoms. The quantitative estimate of drug-likeness (QED) is 0.873. The molecule has 0 radical (unpaired) electrons. The van der Waals surface area contributed by atoms with Crippen molar-refractivity contribution in [2.45, 2.75) is 38.3 Å². The van der Waals surface area contributed by atoms with E-state index in [0.717, 1.165) is 31.1 Å². The number of hydrogen-bond donors (Lipinski definition) is 1. The van der Waals surface area contributed by atoms with Crippen LogP contribution in [0.15, 0.2) is 6.07 Å². The van der Waals surface area contributed by atoms with Crippen LogP contribution in [0.1, 0.15) is 26.7 Å². The molecule has 1 aliphatic rings. The lowest BCUT2D eigenvalue weighted by Crippen LogP contribution is -2.40. The van der Waals surface area contributed by atoms with Crippen LogP contribution in [0.5, 0.6) is 5.88 Å². The largest absolute Gasteiger partial charge is 0.481 e. The minimum Gasteiger partial charge on any atom is -0.481 e. The lowest BCUT2D eigenvalue weighted by Gasteiger charge is -2.35. The van der Waals surface area contributed by atoms with Gasteiger partial charge in [-0.25, -0.2) is 4.68 Å². The average Bonchev–Trinajstić information content (AvgIpc) is 2.57. The van der Waals surface area contributed by atoms with Crippen molar-refractivity contribution < 1.29 is 9.47 Å². The third-order valence-corrected chi connectivity index (χ3v) is 3.10. The van der Waals surface area contributed by atoms with E-state index in [-0.39, 0.29) is 5.60 Å². The minimum absolute atomic E-state index is 0.0468. The van der Waals surface area contributed by atoms with Gasteiger partial charge in [-0.3, -0.25) is 0 Å². The molecule has 96 valence electrons. The summed E-state index contributed by atoms with van der Waals surface area (Å²) in [6.45, 7) is 5.05. The predicted octanol–water partition coefficient (Wildman–Crippen LogP) is 1.80. The zero-order valence-corrected chi connectivity index (χ0v) is 11.0. The zero-order valence-electron chi connectivity index (χ0n) is 11.0. The van der Waals surface area contributed by atoms with Gasteiger partial charge >= 0.3 is 0 Å². The Morgan fingerprint density at radius 3 is 2.94 bits per heavy atom. The number of anilines is 1. The molecule has 1 unspecified atom stereocenters. The Hall–Kier alpha value is -1.23. The van der Waals surface area contributed by atoms with Crippen LogP contribution in [-0.2, 0) is 11.8 Å². The van der Waals surface area contributed by atoms with Gasteiger partial charge in [-0.1, -0.05) is 0 Å². The molecule has 0 spiro atoms. The second-order valence-corrected chi connectivity index (χ2v) is 5.14. The van der Waals surface area contributed by atoms with Crippen molar-refractivity contribution in [2.75, 3.05) is 19.0 Å². The molecule has 1 fully saturated rings. The Bertz CT molecular complexity index is 387. The van der Waals surface area contributed by atoms with Crippen molar-refractivity contribution in [1.29, 1.82) is 0 Å². The van der Waals surface area contributed by atoms with Crippen molar-refractivity contribution in [3.8, 4) is 5.88 Å². The van der Waals surface area contributed by atoms with Gasteiger partial charge in [-0.05, 0) is 26.7 Å². The number of ether oxygens (including phenoxy) is 2. The van der Waals surface area contributed by atoms with Gasteiger partial charge in [-0.15, -0.1) is 0 Å². The molecule has 1 aliphatic heterocycles. The highest BCUT2D eigenvalue weighted by atomic mass is 16.5. The van der Waals surface area contributed by atoms with E-state index in [1.54, 1.807) is 11.8 Å². The molecule has 1 N–H and O–H groups in total. The molecule has 0 aromatic carbocycles. The van der Waals surface area contributed by atoms with Gasteiger partial charge in [0, 0.05) is 25.8 Å². The Balaban J connectivity index is 2.00. The van der Waals surface area contributed by atoms with Crippen LogP contribution in [0.25, 0.3) is 0 Å². The summed E-state index contributed by atoms with van der Waals surface area (Å²) in [6, 6.07) is 2.33. The molecule has 5 nitrogen and oxygen atoms in total. The second-order valence-electron chi connectivity index (χ2n) is 5.14. The van der Waals surface area contributed by atoms with Crippen LogP contribution < -0.4 is 10.1 Å². The van der Waals surface area contributed by atoms with E-state index in [2.05, 4.69) is 24.3 Å². The Labute approximate surface area is 102 Å². The van der Waals surface area contributed by atoms with E-state index in [9.17, 15) is 0 Å². The smallest absolute Gasteiger partial charge is 0.213 e. The summed E-state index contributed by atoms with van der Waals surface area (Å²) in [5.74, 6) is 1.63. The summed E-state index contributed by atoms with van der Waals surface area (Å²) in [4.78, 5) is 0. The average molecular weight is 239 g/mol. The molecule has 0 amide bonds. The molecule has 1 saturated heterocycles. The molecule has 0 aliphatic carbocycles. The van der Waals surface area contributed by atoms with E-state index in [0.29, 0.717) is 6.04 Å². The van der Waals surface area contributed by atoms with Gasteiger partial charge in [0.05, 0.1) is 12.7 Å². The van der Waals surface area contributed by atoms with Gasteiger partial charge in [-0.2, -0.15) is 5.10 Å². The van der Waals surface area contributed by atoms with Crippen LogP contribution in [0.2, 0.25) is 0 Å². The van der Waals surface area contributed by atoms with Crippen LogP contribution in [0.4, 0.5) is 5.82 Å². The summed E-state index contributed by atoms with van der Waals surface area (Å²) in [5.41, 5.74) is -0.0468. The monoisotopic (exact) mass is 239 g/mol. The van der Waals surface area contributed by atoms with Gasteiger partial charge in [0.25, 0.3) is 0 Å². The first-order valence-electron chi connectivity index (χ1n) is 5.99. The number of aryl methyl sites for hydroxylation is 1. The fourth-order valence-electron chi connectivity index (χ4n) is 2.28. The lowest BCUT2D eigenvalue weighted by molar-refractivity contribution is -0.0553. The lowest BCUT2D eigenvalue weighted by atomic mass is 9.94. The molecule has 2 rings (SSSR count). The maximum Gasteiger partial charge on any atom is 0.213 e. The molecular formula is C12H21N3O2. The standard InChI is InChI=1S/C12H21N3O2/c1-12(2)8-9(5-6-17-12)13-10-7-11(16-4)15(3)14-10/h7,9H,5-6,8H2,1-4H3,(H,13,14). The van der Waals surface area contributed by atoms with Gasteiger partial charge in [0.15, 0.2) is 5.82 Å². The van der Waals surface area contributed by atoms with Crippen molar-refractivity contribution in [3.63, 3.8) is 0 Å². The predicted molar refractivity (Wildman–Crippen MR) is 66.4 cm³/mol. The Morgan fingerprint density at radius 2 is 2.35 bits per heavy atom. The number of rotatable bonds is 3. The van der Waals surface area contributed by atoms with Crippen LogP contribution >= 0.6 is 0 Å². The zero-order chi connectivity index (χ0) is 12.5. The highest BCUT2D eigenvalue weighted by Gasteiger charge is 2.29. The summed E-state index contributed by atoms with van der Waals surface area (Å²) in [5, 5.41) is 7.80. The maximum atomic E-state index is 5.69. The van der Waals surface area contributed by atoms with Crippen molar-refractivity contribution >= 4 is 5.82 Å². The highest BCUT2D eigenvalue weighted by Crippen LogP contribution is 2.26. The van der Waals surface area contributed by atoms with E-state index in [1.807, 2.05) is 13.1 Å². The minimum atomic E-state index is -0.0468. The van der Waals surface area contributed by atoms with Crippen LogP contribution in [0, 0.1) is 0 Å². The first kappa shape index (κ1) is 12.2.